The van der Waals surface area contributed by atoms with Gasteiger partial charge in [0, 0.05) is 24.9 Å². The number of amides is 1. The van der Waals surface area contributed by atoms with Crippen LogP contribution in [0.4, 0.5) is 24.5 Å². The van der Waals surface area contributed by atoms with Crippen molar-refractivity contribution in [2.24, 2.45) is 0 Å². The maximum absolute atomic E-state index is 13.5. The van der Waals surface area contributed by atoms with Crippen molar-refractivity contribution in [1.29, 1.82) is 0 Å². The average Bonchev–Trinajstić information content (AvgIpc) is 2.88. The lowest BCUT2D eigenvalue weighted by Gasteiger charge is -2.30. The van der Waals surface area contributed by atoms with Crippen molar-refractivity contribution in [3.63, 3.8) is 0 Å². The van der Waals surface area contributed by atoms with Gasteiger partial charge in [-0.1, -0.05) is 30.3 Å². The molecule has 0 aromatic heterocycles. The van der Waals surface area contributed by atoms with E-state index in [0.29, 0.717) is 35.4 Å². The second kappa shape index (κ2) is 11.6. The number of sulfonamides is 1. The van der Waals surface area contributed by atoms with Gasteiger partial charge in [0.05, 0.1) is 30.7 Å². The molecular weight excluding hydrogens is 537 g/mol. The number of benzene rings is 3. The molecule has 1 amide bonds. The first-order valence-corrected chi connectivity index (χ1v) is 13.8. The number of carbonyl (C=O) groups is 1. The minimum Gasteiger partial charge on any atom is -0.465 e. The topological polar surface area (TPSA) is 94.2 Å². The zero-order valence-electron chi connectivity index (χ0n) is 21.2. The number of ether oxygens (including phenoxy) is 3. The molecule has 4 rings (SSSR count). The van der Waals surface area contributed by atoms with Crippen molar-refractivity contribution < 1.29 is 40.6 Å². The highest BCUT2D eigenvalue weighted by atomic mass is 32.2. The highest BCUT2D eigenvalue weighted by Gasteiger charge is 2.34. The van der Waals surface area contributed by atoms with Crippen LogP contribution in [0.1, 0.15) is 21.5 Å². The number of hydrogen-bond donors (Lipinski definition) is 1. The van der Waals surface area contributed by atoms with Crippen LogP contribution in [0, 0.1) is 0 Å². The smallest absolute Gasteiger partial charge is 0.417 e. The van der Waals surface area contributed by atoms with Crippen molar-refractivity contribution in [3.8, 4) is 16.9 Å². The number of anilines is 2. The maximum Gasteiger partial charge on any atom is 0.417 e. The second-order valence-corrected chi connectivity index (χ2v) is 10.6. The van der Waals surface area contributed by atoms with Crippen LogP contribution in [0.25, 0.3) is 11.1 Å². The van der Waals surface area contributed by atoms with Crippen molar-refractivity contribution in [2.45, 2.75) is 12.6 Å². The number of alkyl halides is 3. The fraction of sp³-hybridized carbons (Fsp3) is 0.296. The second-order valence-electron chi connectivity index (χ2n) is 8.84. The highest BCUT2D eigenvalue weighted by molar-refractivity contribution is 7.92. The van der Waals surface area contributed by atoms with Gasteiger partial charge in [0.15, 0.2) is 6.79 Å². The summed E-state index contributed by atoms with van der Waals surface area (Å²) in [6.07, 6.45) is -3.12. The van der Waals surface area contributed by atoms with Gasteiger partial charge in [-0.15, -0.1) is 0 Å². The summed E-state index contributed by atoms with van der Waals surface area (Å²) in [6.45, 7) is 0.756. The summed E-state index contributed by atoms with van der Waals surface area (Å²) in [6, 6.07) is 14.6. The number of methoxy groups -OCH3 is 1. The summed E-state index contributed by atoms with van der Waals surface area (Å²) in [5.74, 6) is -0.145. The first-order valence-electron chi connectivity index (χ1n) is 11.9. The number of carbonyl (C=O) groups excluding carboxylic acids is 1. The normalized spacial score (nSPS) is 13.8. The Kier molecular flexibility index (Phi) is 8.48. The molecule has 39 heavy (non-hydrogen) atoms. The molecule has 1 N–H and O–H groups in total. The molecule has 0 radical (unpaired) electrons. The Labute approximate surface area is 224 Å². The summed E-state index contributed by atoms with van der Waals surface area (Å²) >= 11 is 0. The predicted molar refractivity (Wildman–Crippen MR) is 140 cm³/mol. The lowest BCUT2D eigenvalue weighted by molar-refractivity contribution is -0.137. The van der Waals surface area contributed by atoms with Crippen molar-refractivity contribution in [3.05, 3.63) is 77.4 Å². The van der Waals surface area contributed by atoms with E-state index in [0.717, 1.165) is 12.3 Å². The number of rotatable bonds is 10. The molecule has 1 heterocycles. The number of hydrogen-bond acceptors (Lipinski definition) is 6. The van der Waals surface area contributed by atoms with E-state index < -0.39 is 21.8 Å². The molecule has 0 spiro atoms. The van der Waals surface area contributed by atoms with Gasteiger partial charge < -0.3 is 19.1 Å². The number of nitrogens with one attached hydrogen (secondary N) is 1. The first-order chi connectivity index (χ1) is 18.5. The summed E-state index contributed by atoms with van der Waals surface area (Å²) < 4.78 is 82.6. The summed E-state index contributed by atoms with van der Waals surface area (Å²) in [4.78, 5) is 14.9. The monoisotopic (exact) mass is 564 g/mol. The Morgan fingerprint density at radius 3 is 2.49 bits per heavy atom. The number of halogens is 3. The Bertz CT molecular complexity index is 1460. The van der Waals surface area contributed by atoms with Gasteiger partial charge in [0.1, 0.15) is 5.75 Å². The highest BCUT2D eigenvalue weighted by Crippen LogP contribution is 2.38. The molecule has 1 aliphatic heterocycles. The van der Waals surface area contributed by atoms with Crippen LogP contribution in [0.5, 0.6) is 5.75 Å². The van der Waals surface area contributed by atoms with Gasteiger partial charge in [-0.25, -0.2) is 8.42 Å². The van der Waals surface area contributed by atoms with Gasteiger partial charge in [-0.2, -0.15) is 13.2 Å². The van der Waals surface area contributed by atoms with E-state index >= 15 is 0 Å². The average molecular weight is 565 g/mol. The zero-order chi connectivity index (χ0) is 28.2. The minimum absolute atomic E-state index is 0.0426. The van der Waals surface area contributed by atoms with E-state index in [2.05, 4.69) is 4.72 Å². The quantitative estimate of drug-likeness (QED) is 0.277. The lowest BCUT2D eigenvalue weighted by atomic mass is 9.92. The SMILES string of the molecule is COCCOCOc1ccc(N2CCc3cc(-c4ccccc4C(F)(F)F)ccc3C2=O)cc1NS(C)(=O)=O. The van der Waals surface area contributed by atoms with E-state index in [9.17, 15) is 26.4 Å². The van der Waals surface area contributed by atoms with Crippen molar-refractivity contribution >= 4 is 27.3 Å². The first kappa shape index (κ1) is 28.4. The molecule has 0 atom stereocenters. The Balaban J connectivity index is 1.60. The van der Waals surface area contributed by atoms with Crippen molar-refractivity contribution in [1.82, 2.24) is 0 Å². The lowest BCUT2D eigenvalue weighted by Crippen LogP contribution is -2.37. The largest absolute Gasteiger partial charge is 0.465 e. The standard InChI is InChI=1S/C27H27F3N2O6S/c1-36-13-14-37-17-38-25-10-8-20(16-24(25)31-39(2,34)35)32-12-11-19-15-18(7-9-22(19)26(32)33)21-5-3-4-6-23(21)27(28,29)30/h3-10,15-16,31H,11-14,17H2,1-2H3. The van der Waals surface area contributed by atoms with E-state index in [1.165, 1.54) is 54.5 Å². The number of fused-ring (bicyclic) bond motifs is 1. The van der Waals surface area contributed by atoms with Crippen LogP contribution in [0.15, 0.2) is 60.7 Å². The molecule has 8 nitrogen and oxygen atoms in total. The molecule has 0 bridgehead atoms. The van der Waals surface area contributed by atoms with Crippen LogP contribution >= 0.6 is 0 Å². The van der Waals surface area contributed by atoms with Gasteiger partial charge in [0.25, 0.3) is 5.91 Å². The zero-order valence-corrected chi connectivity index (χ0v) is 22.1. The van der Waals surface area contributed by atoms with Gasteiger partial charge in [-0.3, -0.25) is 9.52 Å². The molecule has 12 heteroatoms. The van der Waals surface area contributed by atoms with Crippen LogP contribution in [0.2, 0.25) is 0 Å². The molecule has 208 valence electrons. The molecule has 0 saturated carbocycles. The third-order valence-corrected chi connectivity index (χ3v) is 6.62. The van der Waals surface area contributed by atoms with Crippen LogP contribution < -0.4 is 14.4 Å². The van der Waals surface area contributed by atoms with Crippen molar-refractivity contribution in [2.75, 3.05) is 49.5 Å². The molecular formula is C27H27F3N2O6S. The van der Waals surface area contributed by atoms with Crippen LogP contribution in [-0.2, 0) is 32.1 Å². The molecule has 0 fully saturated rings. The van der Waals surface area contributed by atoms with E-state index in [1.807, 2.05) is 0 Å². The third-order valence-electron chi connectivity index (χ3n) is 6.03. The Morgan fingerprint density at radius 1 is 1.00 bits per heavy atom. The molecule has 1 aliphatic rings. The van der Waals surface area contributed by atoms with E-state index in [4.69, 9.17) is 14.2 Å². The van der Waals surface area contributed by atoms with Crippen LogP contribution in [-0.4, -0.2) is 54.2 Å². The number of nitrogens with zero attached hydrogens (tertiary/aromatic N) is 1. The van der Waals surface area contributed by atoms with E-state index in [-0.39, 0.29) is 42.9 Å². The van der Waals surface area contributed by atoms with E-state index in [1.54, 1.807) is 12.1 Å². The summed E-state index contributed by atoms with van der Waals surface area (Å²) in [5, 5.41) is 0. The van der Waals surface area contributed by atoms with Gasteiger partial charge in [0.2, 0.25) is 10.0 Å². The minimum atomic E-state index is -4.51. The molecule has 0 unspecified atom stereocenters. The van der Waals surface area contributed by atoms with Gasteiger partial charge >= 0.3 is 6.18 Å². The fourth-order valence-electron chi connectivity index (χ4n) is 4.28. The van der Waals surface area contributed by atoms with Gasteiger partial charge in [-0.05, 0) is 53.4 Å². The molecule has 3 aromatic carbocycles. The Hall–Kier alpha value is -3.61. The summed E-state index contributed by atoms with van der Waals surface area (Å²) in [5.41, 5.74) is 1.22. The maximum atomic E-state index is 13.5. The summed E-state index contributed by atoms with van der Waals surface area (Å²) in [7, 11) is -2.14. The molecule has 0 saturated heterocycles. The van der Waals surface area contributed by atoms with Crippen LogP contribution in [0.3, 0.4) is 0 Å². The third kappa shape index (κ3) is 6.88. The molecule has 3 aromatic rings. The fourth-order valence-corrected chi connectivity index (χ4v) is 4.84. The Morgan fingerprint density at radius 2 is 1.77 bits per heavy atom. The predicted octanol–water partition coefficient (Wildman–Crippen LogP) is 4.95. The molecule has 0 aliphatic carbocycles.